The van der Waals surface area contributed by atoms with Crippen LogP contribution in [-0.2, 0) is 8.23 Å². The topological polar surface area (TPSA) is 42.5 Å². The van der Waals surface area contributed by atoms with Crippen LogP contribution in [-0.4, -0.2) is 38.6 Å². The summed E-state index contributed by atoms with van der Waals surface area (Å²) in [6.07, 6.45) is 0. The Morgan fingerprint density at radius 2 is 1.00 bits per heavy atom. The second kappa shape index (κ2) is 6.60. The lowest BCUT2D eigenvalue weighted by Crippen LogP contribution is -2.61. The maximum Gasteiger partial charge on any atom is 0.312 e. The summed E-state index contributed by atoms with van der Waals surface area (Å²) >= 11 is 0. The Kier molecular flexibility index (Phi) is 6.79. The highest BCUT2D eigenvalue weighted by molar-refractivity contribution is 6.86. The van der Waals surface area contributed by atoms with Gasteiger partial charge < -0.3 is 18.2 Å². The smallest absolute Gasteiger partial charge is 0.312 e. The Labute approximate surface area is 110 Å². The molecule has 0 heterocycles. The summed E-state index contributed by atoms with van der Waals surface area (Å²) in [5, 5.41) is 0. The summed E-state index contributed by atoms with van der Waals surface area (Å²) in [6, 6.07) is 0. The predicted molar refractivity (Wildman–Crippen MR) is 82.0 cm³/mol. The predicted octanol–water partition coefficient (Wildman–Crippen LogP) is 2.34. The van der Waals surface area contributed by atoms with Crippen molar-refractivity contribution in [2.45, 2.75) is 53.1 Å². The van der Waals surface area contributed by atoms with Gasteiger partial charge in [0.1, 0.15) is 0 Å². The molecule has 0 saturated carbocycles. The molecule has 0 aromatic carbocycles. The van der Waals surface area contributed by atoms with Gasteiger partial charge in [0.15, 0.2) is 0 Å². The van der Waals surface area contributed by atoms with Gasteiger partial charge in [0.2, 0.25) is 0 Å². The summed E-state index contributed by atoms with van der Waals surface area (Å²) in [4.78, 5) is 6.92. The first-order valence-electron chi connectivity index (χ1n) is 6.44. The van der Waals surface area contributed by atoms with E-state index >= 15 is 0 Å². The molecule has 0 spiro atoms. The SMILES string of the molecule is CCN[Si](C)(C)O[Si](C)(C)O[Si](C)(C)NCC. The van der Waals surface area contributed by atoms with Gasteiger partial charge in [-0.1, -0.05) is 13.8 Å². The van der Waals surface area contributed by atoms with E-state index in [0.717, 1.165) is 13.1 Å². The summed E-state index contributed by atoms with van der Waals surface area (Å²) in [6.45, 7) is 19.2. The lowest BCUT2D eigenvalue weighted by Gasteiger charge is -2.38. The standard InChI is InChI=1S/C10H30N2O2Si3/c1-9-11-15(3,4)13-17(7,8)14-16(5,6)12-10-2/h11-12H,9-10H2,1-8H3. The Morgan fingerprint density at radius 3 is 1.24 bits per heavy atom. The highest BCUT2D eigenvalue weighted by Crippen LogP contribution is 2.17. The zero-order valence-electron chi connectivity index (χ0n) is 12.7. The highest BCUT2D eigenvalue weighted by Gasteiger charge is 2.39. The van der Waals surface area contributed by atoms with Gasteiger partial charge >= 0.3 is 8.56 Å². The minimum absolute atomic E-state index is 0.956. The minimum Gasteiger partial charge on any atom is -0.424 e. The van der Waals surface area contributed by atoms with Crippen LogP contribution in [0.3, 0.4) is 0 Å². The molecule has 7 heteroatoms. The van der Waals surface area contributed by atoms with Crippen molar-refractivity contribution in [2.75, 3.05) is 13.1 Å². The summed E-state index contributed by atoms with van der Waals surface area (Å²) in [7, 11) is -5.61. The molecule has 0 rings (SSSR count). The second-order valence-corrected chi connectivity index (χ2v) is 16.9. The Bertz CT molecular complexity index is 214. The summed E-state index contributed by atoms with van der Waals surface area (Å²) in [5.74, 6) is 0. The van der Waals surface area contributed by atoms with Gasteiger partial charge in [-0.25, -0.2) is 0 Å². The highest BCUT2D eigenvalue weighted by atomic mass is 28.5. The van der Waals surface area contributed by atoms with Crippen LogP contribution in [0.5, 0.6) is 0 Å². The lowest BCUT2D eigenvalue weighted by molar-refractivity contribution is 0.377. The van der Waals surface area contributed by atoms with Gasteiger partial charge in [-0.15, -0.1) is 0 Å². The number of hydrogen-bond acceptors (Lipinski definition) is 4. The van der Waals surface area contributed by atoms with Crippen LogP contribution in [0.2, 0.25) is 39.3 Å². The summed E-state index contributed by atoms with van der Waals surface area (Å²) in [5.41, 5.74) is 0. The molecule has 0 saturated heterocycles. The van der Waals surface area contributed by atoms with E-state index in [1.54, 1.807) is 0 Å². The fourth-order valence-corrected chi connectivity index (χ4v) is 14.8. The molecule has 0 fully saturated rings. The quantitative estimate of drug-likeness (QED) is 0.674. The Balaban J connectivity index is 4.47. The van der Waals surface area contributed by atoms with E-state index in [4.69, 9.17) is 8.23 Å². The fraction of sp³-hybridized carbons (Fsp3) is 1.00. The van der Waals surface area contributed by atoms with Crippen LogP contribution in [0.1, 0.15) is 13.8 Å². The van der Waals surface area contributed by atoms with Crippen LogP contribution < -0.4 is 9.96 Å². The molecular weight excluding hydrogens is 264 g/mol. The zero-order valence-corrected chi connectivity index (χ0v) is 15.7. The normalized spacial score (nSPS) is 14.1. The van der Waals surface area contributed by atoms with Crippen molar-refractivity contribution in [2.24, 2.45) is 0 Å². The molecule has 0 atom stereocenters. The molecule has 104 valence electrons. The van der Waals surface area contributed by atoms with E-state index in [-0.39, 0.29) is 0 Å². The van der Waals surface area contributed by atoms with Gasteiger partial charge in [0.05, 0.1) is 0 Å². The fourth-order valence-electron chi connectivity index (χ4n) is 2.17. The van der Waals surface area contributed by atoms with E-state index in [9.17, 15) is 0 Å². The van der Waals surface area contributed by atoms with Crippen LogP contribution in [0.25, 0.3) is 0 Å². The van der Waals surface area contributed by atoms with Crippen molar-refractivity contribution in [3.63, 3.8) is 0 Å². The maximum atomic E-state index is 6.29. The molecule has 0 aliphatic heterocycles. The molecule has 0 bridgehead atoms. The molecule has 0 aromatic rings. The average Bonchev–Trinajstić information content (AvgIpc) is 1.96. The van der Waals surface area contributed by atoms with Crippen LogP contribution >= 0.6 is 0 Å². The second-order valence-electron chi connectivity index (χ2n) is 5.69. The monoisotopic (exact) mass is 294 g/mol. The minimum atomic E-state index is -2.05. The molecular formula is C10H30N2O2Si3. The van der Waals surface area contributed by atoms with Crippen molar-refractivity contribution in [1.29, 1.82) is 0 Å². The third kappa shape index (κ3) is 8.25. The van der Waals surface area contributed by atoms with Crippen molar-refractivity contribution in [3.8, 4) is 0 Å². The van der Waals surface area contributed by atoms with Crippen LogP contribution in [0, 0.1) is 0 Å². The Morgan fingerprint density at radius 1 is 0.706 bits per heavy atom. The van der Waals surface area contributed by atoms with Gasteiger partial charge in [0.25, 0.3) is 17.0 Å². The first-order valence-corrected chi connectivity index (χ1v) is 15.1. The van der Waals surface area contributed by atoms with Crippen molar-refractivity contribution in [1.82, 2.24) is 9.96 Å². The van der Waals surface area contributed by atoms with Crippen molar-refractivity contribution in [3.05, 3.63) is 0 Å². The van der Waals surface area contributed by atoms with Gasteiger partial charge in [-0.2, -0.15) is 0 Å². The van der Waals surface area contributed by atoms with Gasteiger partial charge in [-0.05, 0) is 52.4 Å². The van der Waals surface area contributed by atoms with Gasteiger partial charge in [0, 0.05) is 0 Å². The van der Waals surface area contributed by atoms with E-state index in [0.29, 0.717) is 0 Å². The molecule has 0 aromatic heterocycles. The molecule has 0 radical (unpaired) electrons. The molecule has 0 aliphatic carbocycles. The number of hydrogen-bond donors (Lipinski definition) is 2. The lowest BCUT2D eigenvalue weighted by atomic mass is 10.8. The third-order valence-corrected chi connectivity index (χ3v) is 12.6. The molecule has 4 nitrogen and oxygen atoms in total. The number of rotatable bonds is 8. The van der Waals surface area contributed by atoms with E-state index in [1.807, 2.05) is 0 Å². The largest absolute Gasteiger partial charge is 0.424 e. The first-order chi connectivity index (χ1) is 7.54. The summed E-state index contributed by atoms with van der Waals surface area (Å²) < 4.78 is 12.6. The first kappa shape index (κ1) is 17.5. The van der Waals surface area contributed by atoms with Crippen LogP contribution in [0.4, 0.5) is 0 Å². The molecule has 0 unspecified atom stereocenters. The van der Waals surface area contributed by atoms with Crippen LogP contribution in [0.15, 0.2) is 0 Å². The third-order valence-electron chi connectivity index (χ3n) is 2.21. The Hall–Kier alpha value is 0.491. The molecule has 0 aliphatic rings. The maximum absolute atomic E-state index is 6.29. The molecule has 0 amide bonds. The van der Waals surface area contributed by atoms with E-state index in [2.05, 4.69) is 63.1 Å². The molecule has 17 heavy (non-hydrogen) atoms. The van der Waals surface area contributed by atoms with Crippen molar-refractivity contribution >= 4 is 25.5 Å². The van der Waals surface area contributed by atoms with E-state index in [1.165, 1.54) is 0 Å². The number of nitrogens with one attached hydrogen (secondary N) is 2. The zero-order chi connectivity index (χ0) is 13.7. The average molecular weight is 295 g/mol. The molecule has 2 N–H and O–H groups in total. The van der Waals surface area contributed by atoms with Gasteiger partial charge in [-0.3, -0.25) is 0 Å². The van der Waals surface area contributed by atoms with E-state index < -0.39 is 25.5 Å². The van der Waals surface area contributed by atoms with Crippen molar-refractivity contribution < 1.29 is 8.23 Å².